The van der Waals surface area contributed by atoms with E-state index in [1.165, 1.54) is 13.0 Å². The molecule has 2 nitrogen and oxygen atoms in total. The largest absolute Gasteiger partial charge is 0.330 e. The molecule has 1 unspecified atom stereocenters. The normalized spacial score (nSPS) is 22.5. The molecule has 0 bridgehead atoms. The van der Waals surface area contributed by atoms with Crippen LogP contribution in [-0.2, 0) is 0 Å². The maximum Gasteiger partial charge on any atom is -0.000798 e. The molecule has 2 heteroatoms. The SMILES string of the molecule is C.CC.NCC1CCNC1. The fourth-order valence-electron chi connectivity index (χ4n) is 0.916. The fourth-order valence-corrected chi connectivity index (χ4v) is 0.916. The Hall–Kier alpha value is -0.0800. The average molecular weight is 146 g/mol. The maximum absolute atomic E-state index is 5.39. The van der Waals surface area contributed by atoms with Crippen LogP contribution in [-0.4, -0.2) is 19.6 Å². The summed E-state index contributed by atoms with van der Waals surface area (Å²) in [4.78, 5) is 0. The quantitative estimate of drug-likeness (QED) is 0.583. The monoisotopic (exact) mass is 146 g/mol. The minimum atomic E-state index is 0. The molecule has 1 atom stereocenters. The van der Waals surface area contributed by atoms with Gasteiger partial charge in [-0.3, -0.25) is 0 Å². The van der Waals surface area contributed by atoms with Gasteiger partial charge in [0.1, 0.15) is 0 Å². The highest BCUT2D eigenvalue weighted by Crippen LogP contribution is 2.02. The standard InChI is InChI=1S/C5H12N2.C2H6.CH4/c6-3-5-1-2-7-4-5;1-2;/h5,7H,1-4,6H2;1-2H3;1H4. The third-order valence-electron chi connectivity index (χ3n) is 1.50. The lowest BCUT2D eigenvalue weighted by Crippen LogP contribution is -2.16. The Morgan fingerprint density at radius 2 is 2.10 bits per heavy atom. The molecule has 1 aliphatic rings. The first-order chi connectivity index (χ1) is 4.43. The van der Waals surface area contributed by atoms with Gasteiger partial charge in [0, 0.05) is 0 Å². The highest BCUT2D eigenvalue weighted by Gasteiger charge is 2.10. The van der Waals surface area contributed by atoms with Crippen LogP contribution in [0.5, 0.6) is 0 Å². The second-order valence-electron chi connectivity index (χ2n) is 2.09. The van der Waals surface area contributed by atoms with Gasteiger partial charge in [0.15, 0.2) is 0 Å². The molecule has 0 aromatic carbocycles. The molecule has 0 amide bonds. The van der Waals surface area contributed by atoms with Crippen molar-refractivity contribution in [3.8, 4) is 0 Å². The molecule has 0 aliphatic carbocycles. The van der Waals surface area contributed by atoms with Crippen LogP contribution in [0.15, 0.2) is 0 Å². The maximum atomic E-state index is 5.39. The van der Waals surface area contributed by atoms with Crippen molar-refractivity contribution >= 4 is 0 Å². The van der Waals surface area contributed by atoms with E-state index in [-0.39, 0.29) is 7.43 Å². The number of nitrogens with one attached hydrogen (secondary N) is 1. The first-order valence-electron chi connectivity index (χ1n) is 3.84. The van der Waals surface area contributed by atoms with E-state index in [4.69, 9.17) is 5.73 Å². The van der Waals surface area contributed by atoms with Gasteiger partial charge in [0.05, 0.1) is 0 Å². The van der Waals surface area contributed by atoms with Crippen molar-refractivity contribution in [3.05, 3.63) is 0 Å². The second kappa shape index (κ2) is 8.92. The summed E-state index contributed by atoms with van der Waals surface area (Å²) in [6.07, 6.45) is 1.27. The molecule has 1 aliphatic heterocycles. The molecule has 0 radical (unpaired) electrons. The Labute approximate surface area is 65.2 Å². The van der Waals surface area contributed by atoms with Gasteiger partial charge in [-0.2, -0.15) is 0 Å². The van der Waals surface area contributed by atoms with Crippen molar-refractivity contribution in [3.63, 3.8) is 0 Å². The molecule has 0 spiro atoms. The molecular weight excluding hydrogens is 124 g/mol. The van der Waals surface area contributed by atoms with Crippen molar-refractivity contribution in [1.82, 2.24) is 5.32 Å². The molecule has 10 heavy (non-hydrogen) atoms. The van der Waals surface area contributed by atoms with E-state index in [9.17, 15) is 0 Å². The van der Waals surface area contributed by atoms with Crippen LogP contribution in [0.25, 0.3) is 0 Å². The average Bonchev–Trinajstić information content (AvgIpc) is 2.43. The zero-order chi connectivity index (χ0) is 7.11. The Morgan fingerprint density at radius 1 is 1.50 bits per heavy atom. The number of hydrogen-bond acceptors (Lipinski definition) is 2. The summed E-state index contributed by atoms with van der Waals surface area (Å²) in [6, 6.07) is 0. The lowest BCUT2D eigenvalue weighted by atomic mass is 10.1. The van der Waals surface area contributed by atoms with Crippen LogP contribution >= 0.6 is 0 Å². The first-order valence-corrected chi connectivity index (χ1v) is 3.84. The molecule has 0 aromatic heterocycles. The Morgan fingerprint density at radius 3 is 2.30 bits per heavy atom. The van der Waals surface area contributed by atoms with Crippen molar-refractivity contribution in [1.29, 1.82) is 0 Å². The van der Waals surface area contributed by atoms with Crippen LogP contribution in [0, 0.1) is 5.92 Å². The van der Waals surface area contributed by atoms with Gasteiger partial charge in [-0.1, -0.05) is 21.3 Å². The number of rotatable bonds is 1. The molecule has 1 saturated heterocycles. The van der Waals surface area contributed by atoms with Crippen molar-refractivity contribution < 1.29 is 0 Å². The van der Waals surface area contributed by atoms with Crippen molar-refractivity contribution in [2.45, 2.75) is 27.7 Å². The molecule has 3 N–H and O–H groups in total. The predicted octanol–water partition coefficient (Wildman–Crippen LogP) is 1.22. The zero-order valence-electron chi connectivity index (χ0n) is 6.48. The minimum Gasteiger partial charge on any atom is -0.330 e. The van der Waals surface area contributed by atoms with Crippen LogP contribution in [0.3, 0.4) is 0 Å². The molecule has 1 fully saturated rings. The van der Waals surface area contributed by atoms with Gasteiger partial charge in [-0.15, -0.1) is 0 Å². The lowest BCUT2D eigenvalue weighted by molar-refractivity contribution is 0.596. The summed E-state index contributed by atoms with van der Waals surface area (Å²) in [5.41, 5.74) is 5.39. The highest BCUT2D eigenvalue weighted by atomic mass is 14.9. The van der Waals surface area contributed by atoms with Gasteiger partial charge in [0.2, 0.25) is 0 Å². The van der Waals surface area contributed by atoms with E-state index in [2.05, 4.69) is 5.32 Å². The summed E-state index contributed by atoms with van der Waals surface area (Å²) in [5, 5.41) is 3.24. The third-order valence-corrected chi connectivity index (χ3v) is 1.50. The second-order valence-corrected chi connectivity index (χ2v) is 2.09. The van der Waals surface area contributed by atoms with Crippen molar-refractivity contribution in [2.75, 3.05) is 19.6 Å². The van der Waals surface area contributed by atoms with Gasteiger partial charge < -0.3 is 11.1 Å². The number of nitrogens with two attached hydrogens (primary N) is 1. The van der Waals surface area contributed by atoms with Gasteiger partial charge >= 0.3 is 0 Å². The topological polar surface area (TPSA) is 38.0 Å². The molecule has 0 saturated carbocycles. The smallest absolute Gasteiger partial charge is 0.000798 e. The molecular formula is C8H22N2. The summed E-state index contributed by atoms with van der Waals surface area (Å²) in [6.45, 7) is 7.16. The molecule has 64 valence electrons. The Balaban J connectivity index is 0. The summed E-state index contributed by atoms with van der Waals surface area (Å²) >= 11 is 0. The molecule has 0 aromatic rings. The Bertz CT molecular complexity index is 49.2. The summed E-state index contributed by atoms with van der Waals surface area (Å²) in [5.74, 6) is 0.764. The Kier molecular flexibility index (Phi) is 11.2. The number of hydrogen-bond donors (Lipinski definition) is 2. The lowest BCUT2D eigenvalue weighted by Gasteiger charge is -1.98. The van der Waals surface area contributed by atoms with E-state index in [0.29, 0.717) is 0 Å². The molecule has 1 rings (SSSR count). The fraction of sp³-hybridized carbons (Fsp3) is 1.00. The van der Waals surface area contributed by atoms with E-state index < -0.39 is 0 Å². The van der Waals surface area contributed by atoms with E-state index in [0.717, 1.165) is 19.0 Å². The van der Waals surface area contributed by atoms with E-state index in [1.807, 2.05) is 13.8 Å². The summed E-state index contributed by atoms with van der Waals surface area (Å²) < 4.78 is 0. The zero-order valence-corrected chi connectivity index (χ0v) is 6.48. The van der Waals surface area contributed by atoms with Gasteiger partial charge in [-0.25, -0.2) is 0 Å². The van der Waals surface area contributed by atoms with Crippen LogP contribution in [0.2, 0.25) is 0 Å². The third kappa shape index (κ3) is 4.77. The predicted molar refractivity (Wildman–Crippen MR) is 48.1 cm³/mol. The summed E-state index contributed by atoms with van der Waals surface area (Å²) in [7, 11) is 0. The molecule has 1 heterocycles. The first kappa shape index (κ1) is 12.6. The van der Waals surface area contributed by atoms with Gasteiger partial charge in [-0.05, 0) is 32.0 Å². The van der Waals surface area contributed by atoms with Crippen LogP contribution < -0.4 is 11.1 Å². The van der Waals surface area contributed by atoms with E-state index >= 15 is 0 Å². The van der Waals surface area contributed by atoms with Crippen molar-refractivity contribution in [2.24, 2.45) is 11.7 Å². The highest BCUT2D eigenvalue weighted by molar-refractivity contribution is 4.70. The van der Waals surface area contributed by atoms with Gasteiger partial charge in [0.25, 0.3) is 0 Å². The van der Waals surface area contributed by atoms with Crippen LogP contribution in [0.4, 0.5) is 0 Å². The van der Waals surface area contributed by atoms with E-state index in [1.54, 1.807) is 0 Å². The minimum absolute atomic E-state index is 0. The van der Waals surface area contributed by atoms with Crippen LogP contribution in [0.1, 0.15) is 27.7 Å².